The first kappa shape index (κ1) is 13.3. The summed E-state index contributed by atoms with van der Waals surface area (Å²) in [6.45, 7) is 7.72. The van der Waals surface area contributed by atoms with Gasteiger partial charge in [-0.15, -0.1) is 0 Å². The Morgan fingerprint density at radius 2 is 1.84 bits per heavy atom. The summed E-state index contributed by atoms with van der Waals surface area (Å²) in [5, 5.41) is 6.49. The van der Waals surface area contributed by atoms with Crippen molar-refractivity contribution >= 4 is 11.8 Å². The highest BCUT2D eigenvalue weighted by Gasteiger charge is 2.02. The van der Waals surface area contributed by atoms with Crippen molar-refractivity contribution in [3.63, 3.8) is 0 Å². The van der Waals surface area contributed by atoms with Crippen molar-refractivity contribution in [2.45, 2.75) is 27.3 Å². The molecule has 2 rings (SSSR count). The molecule has 0 bridgehead atoms. The van der Waals surface area contributed by atoms with Crippen LogP contribution in [0.15, 0.2) is 30.3 Å². The predicted molar refractivity (Wildman–Crippen MR) is 79.4 cm³/mol. The second-order valence-electron chi connectivity index (χ2n) is 4.53. The number of anilines is 2. The van der Waals surface area contributed by atoms with Crippen molar-refractivity contribution in [3.8, 4) is 0 Å². The van der Waals surface area contributed by atoms with E-state index in [0.717, 1.165) is 24.6 Å². The summed E-state index contributed by atoms with van der Waals surface area (Å²) in [5.41, 5.74) is 3.52. The van der Waals surface area contributed by atoms with Gasteiger partial charge in [-0.05, 0) is 31.9 Å². The van der Waals surface area contributed by atoms with Crippen LogP contribution in [0.3, 0.4) is 0 Å². The molecule has 0 saturated heterocycles. The highest BCUT2D eigenvalue weighted by atomic mass is 15.1. The van der Waals surface area contributed by atoms with E-state index in [1.807, 2.05) is 19.9 Å². The van der Waals surface area contributed by atoms with Crippen LogP contribution >= 0.6 is 0 Å². The molecule has 0 fully saturated rings. The van der Waals surface area contributed by atoms with E-state index in [1.54, 1.807) is 0 Å². The van der Waals surface area contributed by atoms with Crippen LogP contribution in [0.25, 0.3) is 0 Å². The molecule has 1 aromatic carbocycles. The third-order valence-corrected chi connectivity index (χ3v) is 2.91. The predicted octanol–water partition coefficient (Wildman–Crippen LogP) is 3.14. The Labute approximate surface area is 114 Å². The normalized spacial score (nSPS) is 10.3. The molecule has 2 aromatic rings. The van der Waals surface area contributed by atoms with E-state index in [-0.39, 0.29) is 0 Å². The molecule has 19 heavy (non-hydrogen) atoms. The lowest BCUT2D eigenvalue weighted by Crippen LogP contribution is -2.08. The van der Waals surface area contributed by atoms with Crippen LogP contribution < -0.4 is 10.6 Å². The summed E-state index contributed by atoms with van der Waals surface area (Å²) < 4.78 is 0. The fourth-order valence-electron chi connectivity index (χ4n) is 1.89. The van der Waals surface area contributed by atoms with E-state index in [0.29, 0.717) is 5.95 Å². The molecule has 0 spiro atoms. The Balaban J connectivity index is 2.09. The maximum absolute atomic E-state index is 4.43. The van der Waals surface area contributed by atoms with E-state index >= 15 is 0 Å². The second-order valence-corrected chi connectivity index (χ2v) is 4.53. The van der Waals surface area contributed by atoms with Gasteiger partial charge in [0.2, 0.25) is 5.95 Å². The topological polar surface area (TPSA) is 49.8 Å². The molecule has 0 saturated carbocycles. The Bertz CT molecular complexity index is 552. The van der Waals surface area contributed by atoms with Gasteiger partial charge in [-0.25, -0.2) is 4.98 Å². The van der Waals surface area contributed by atoms with Gasteiger partial charge < -0.3 is 10.6 Å². The molecular formula is C15H20N4. The summed E-state index contributed by atoms with van der Waals surface area (Å²) in [7, 11) is 0. The lowest BCUT2D eigenvalue weighted by Gasteiger charge is -2.10. The molecule has 1 aromatic heterocycles. The standard InChI is InChI=1S/C15H20N4/c1-4-16-15-18-12(3)9-14(19-15)17-10-13-8-6-5-7-11(13)2/h5-9H,4,10H2,1-3H3,(H2,16,17,18,19). The zero-order valence-electron chi connectivity index (χ0n) is 11.7. The average molecular weight is 256 g/mol. The molecular weight excluding hydrogens is 236 g/mol. The molecule has 2 N–H and O–H groups in total. The van der Waals surface area contributed by atoms with Gasteiger partial charge in [0.05, 0.1) is 0 Å². The number of nitrogens with one attached hydrogen (secondary N) is 2. The molecule has 0 atom stereocenters. The van der Waals surface area contributed by atoms with Gasteiger partial charge in [0, 0.05) is 24.8 Å². The molecule has 0 aliphatic carbocycles. The van der Waals surface area contributed by atoms with Gasteiger partial charge in [0.15, 0.2) is 0 Å². The number of hydrogen-bond donors (Lipinski definition) is 2. The highest BCUT2D eigenvalue weighted by molar-refractivity contribution is 5.43. The van der Waals surface area contributed by atoms with Crippen LogP contribution in [0.5, 0.6) is 0 Å². The van der Waals surface area contributed by atoms with Crippen molar-refractivity contribution < 1.29 is 0 Å². The highest BCUT2D eigenvalue weighted by Crippen LogP contribution is 2.13. The molecule has 1 heterocycles. The lowest BCUT2D eigenvalue weighted by atomic mass is 10.1. The Kier molecular flexibility index (Phi) is 4.34. The monoisotopic (exact) mass is 256 g/mol. The van der Waals surface area contributed by atoms with Crippen molar-refractivity contribution in [2.75, 3.05) is 17.2 Å². The fourth-order valence-corrected chi connectivity index (χ4v) is 1.89. The Hall–Kier alpha value is -2.10. The van der Waals surface area contributed by atoms with Crippen LogP contribution in [-0.2, 0) is 6.54 Å². The summed E-state index contributed by atoms with van der Waals surface area (Å²) in [4.78, 5) is 8.77. The Morgan fingerprint density at radius 3 is 2.58 bits per heavy atom. The maximum atomic E-state index is 4.43. The van der Waals surface area contributed by atoms with Crippen molar-refractivity contribution in [3.05, 3.63) is 47.2 Å². The minimum Gasteiger partial charge on any atom is -0.366 e. The summed E-state index contributed by atoms with van der Waals surface area (Å²) >= 11 is 0. The third kappa shape index (κ3) is 3.68. The number of aromatic nitrogens is 2. The molecule has 0 amide bonds. The summed E-state index contributed by atoms with van der Waals surface area (Å²) in [5.74, 6) is 1.53. The summed E-state index contributed by atoms with van der Waals surface area (Å²) in [6, 6.07) is 10.3. The zero-order chi connectivity index (χ0) is 13.7. The van der Waals surface area contributed by atoms with Gasteiger partial charge in [0.1, 0.15) is 5.82 Å². The maximum Gasteiger partial charge on any atom is 0.224 e. The molecule has 100 valence electrons. The van der Waals surface area contributed by atoms with Gasteiger partial charge in [-0.1, -0.05) is 24.3 Å². The number of rotatable bonds is 5. The average Bonchev–Trinajstić information content (AvgIpc) is 2.37. The van der Waals surface area contributed by atoms with Crippen molar-refractivity contribution in [1.82, 2.24) is 9.97 Å². The van der Waals surface area contributed by atoms with E-state index in [2.05, 4.69) is 51.8 Å². The molecule has 0 unspecified atom stereocenters. The number of aryl methyl sites for hydroxylation is 2. The minimum atomic E-state index is 0.676. The zero-order valence-corrected chi connectivity index (χ0v) is 11.7. The van der Waals surface area contributed by atoms with Crippen LogP contribution in [-0.4, -0.2) is 16.5 Å². The molecule has 0 aliphatic heterocycles. The minimum absolute atomic E-state index is 0.676. The third-order valence-electron chi connectivity index (χ3n) is 2.91. The number of nitrogens with zero attached hydrogens (tertiary/aromatic N) is 2. The SMILES string of the molecule is CCNc1nc(C)cc(NCc2ccccc2C)n1. The molecule has 4 nitrogen and oxygen atoms in total. The molecule has 0 radical (unpaired) electrons. The van der Waals surface area contributed by atoms with Crippen molar-refractivity contribution in [2.24, 2.45) is 0 Å². The first-order valence-corrected chi connectivity index (χ1v) is 6.57. The van der Waals surface area contributed by atoms with Crippen LogP contribution in [0.1, 0.15) is 23.7 Å². The van der Waals surface area contributed by atoms with Gasteiger partial charge in [0.25, 0.3) is 0 Å². The van der Waals surface area contributed by atoms with Gasteiger partial charge in [-0.2, -0.15) is 4.98 Å². The smallest absolute Gasteiger partial charge is 0.224 e. The molecule has 0 aliphatic rings. The number of benzene rings is 1. The Morgan fingerprint density at radius 1 is 1.05 bits per heavy atom. The fraction of sp³-hybridized carbons (Fsp3) is 0.333. The first-order chi connectivity index (χ1) is 9.19. The van der Waals surface area contributed by atoms with Gasteiger partial charge in [-0.3, -0.25) is 0 Å². The van der Waals surface area contributed by atoms with Crippen LogP contribution in [0, 0.1) is 13.8 Å². The molecule has 4 heteroatoms. The van der Waals surface area contributed by atoms with E-state index in [1.165, 1.54) is 11.1 Å². The van der Waals surface area contributed by atoms with Gasteiger partial charge >= 0.3 is 0 Å². The lowest BCUT2D eigenvalue weighted by molar-refractivity contribution is 1.02. The number of hydrogen-bond acceptors (Lipinski definition) is 4. The quantitative estimate of drug-likeness (QED) is 0.863. The summed E-state index contributed by atoms with van der Waals surface area (Å²) in [6.07, 6.45) is 0. The van der Waals surface area contributed by atoms with Crippen LogP contribution in [0.2, 0.25) is 0 Å². The van der Waals surface area contributed by atoms with E-state index in [4.69, 9.17) is 0 Å². The second kappa shape index (κ2) is 6.18. The van der Waals surface area contributed by atoms with E-state index < -0.39 is 0 Å². The largest absolute Gasteiger partial charge is 0.366 e. The van der Waals surface area contributed by atoms with Crippen molar-refractivity contribution in [1.29, 1.82) is 0 Å². The van der Waals surface area contributed by atoms with Crippen LogP contribution in [0.4, 0.5) is 11.8 Å². The first-order valence-electron chi connectivity index (χ1n) is 6.57. The van der Waals surface area contributed by atoms with E-state index in [9.17, 15) is 0 Å².